The van der Waals surface area contributed by atoms with E-state index in [0.717, 1.165) is 5.56 Å². The molecule has 9 heteroatoms. The summed E-state index contributed by atoms with van der Waals surface area (Å²) in [6.07, 6.45) is 0. The Labute approximate surface area is 180 Å². The lowest BCUT2D eigenvalue weighted by molar-refractivity contribution is -0.123. The van der Waals surface area contributed by atoms with E-state index in [1.807, 2.05) is 32.0 Å². The van der Waals surface area contributed by atoms with E-state index in [4.69, 9.17) is 26.4 Å². The zero-order chi connectivity index (χ0) is 21.8. The molecule has 0 aliphatic carbocycles. The van der Waals surface area contributed by atoms with Crippen LogP contribution in [0.5, 0.6) is 11.5 Å². The van der Waals surface area contributed by atoms with Gasteiger partial charge in [-0.05, 0) is 49.8 Å². The molecule has 2 aromatic rings. The first-order valence-corrected chi connectivity index (χ1v) is 9.80. The monoisotopic (exact) mass is 431 g/mol. The number of aryl methyl sites for hydroxylation is 1. The van der Waals surface area contributed by atoms with Crippen molar-refractivity contribution in [1.82, 2.24) is 16.2 Å². The molecule has 0 aliphatic rings. The van der Waals surface area contributed by atoms with Crippen LogP contribution in [0.1, 0.15) is 22.8 Å². The summed E-state index contributed by atoms with van der Waals surface area (Å²) in [6.45, 7) is 4.90. The van der Waals surface area contributed by atoms with Crippen molar-refractivity contribution in [3.63, 3.8) is 0 Å². The molecule has 0 atom stereocenters. The molecule has 0 aliphatic heterocycles. The molecule has 0 saturated carbocycles. The van der Waals surface area contributed by atoms with Crippen LogP contribution in [0.3, 0.4) is 0 Å². The van der Waals surface area contributed by atoms with Crippen molar-refractivity contribution in [3.05, 3.63) is 59.7 Å². The van der Waals surface area contributed by atoms with Crippen molar-refractivity contribution < 1.29 is 23.8 Å². The molecule has 2 amide bonds. The molecule has 0 saturated heterocycles. The number of hydrazine groups is 1. The second-order valence-electron chi connectivity index (χ2n) is 6.05. The molecule has 8 nitrogen and oxygen atoms in total. The first-order valence-electron chi connectivity index (χ1n) is 9.39. The highest BCUT2D eigenvalue weighted by atomic mass is 32.1. The predicted octanol–water partition coefficient (Wildman–Crippen LogP) is 2.12. The van der Waals surface area contributed by atoms with Gasteiger partial charge in [0.1, 0.15) is 18.1 Å². The molecule has 0 bridgehead atoms. The van der Waals surface area contributed by atoms with E-state index < -0.39 is 11.8 Å². The van der Waals surface area contributed by atoms with Crippen LogP contribution in [0.15, 0.2) is 48.5 Å². The lowest BCUT2D eigenvalue weighted by Gasteiger charge is -2.14. The van der Waals surface area contributed by atoms with Gasteiger partial charge in [0.15, 0.2) is 11.7 Å². The lowest BCUT2D eigenvalue weighted by Crippen LogP contribution is -2.49. The summed E-state index contributed by atoms with van der Waals surface area (Å²) in [4.78, 5) is 24.4. The molecule has 0 heterocycles. The average molecular weight is 432 g/mol. The van der Waals surface area contributed by atoms with Gasteiger partial charge < -0.3 is 14.2 Å². The second kappa shape index (κ2) is 12.4. The predicted molar refractivity (Wildman–Crippen MR) is 116 cm³/mol. The number of thiocarbonyl (C=S) groups is 1. The number of ether oxygens (including phenoxy) is 3. The highest BCUT2D eigenvalue weighted by Crippen LogP contribution is 2.18. The van der Waals surface area contributed by atoms with Crippen LogP contribution in [0, 0.1) is 6.92 Å². The van der Waals surface area contributed by atoms with Crippen molar-refractivity contribution in [1.29, 1.82) is 0 Å². The number of hydrogen-bond acceptors (Lipinski definition) is 6. The number of rotatable bonds is 9. The van der Waals surface area contributed by atoms with Crippen LogP contribution in [-0.2, 0) is 9.53 Å². The minimum absolute atomic E-state index is 0.0617. The largest absolute Gasteiger partial charge is 0.490 e. The van der Waals surface area contributed by atoms with Crippen molar-refractivity contribution in [2.24, 2.45) is 0 Å². The summed E-state index contributed by atoms with van der Waals surface area (Å²) in [7, 11) is 0. The zero-order valence-corrected chi connectivity index (χ0v) is 17.7. The van der Waals surface area contributed by atoms with Crippen LogP contribution in [0.4, 0.5) is 0 Å². The first-order chi connectivity index (χ1) is 14.5. The van der Waals surface area contributed by atoms with Gasteiger partial charge in [-0.3, -0.25) is 25.8 Å². The molecule has 3 N–H and O–H groups in total. The Balaban J connectivity index is 1.78. The van der Waals surface area contributed by atoms with Gasteiger partial charge in [-0.15, -0.1) is 0 Å². The lowest BCUT2D eigenvalue weighted by atomic mass is 10.2. The zero-order valence-electron chi connectivity index (χ0n) is 16.9. The fourth-order valence-electron chi connectivity index (χ4n) is 2.36. The van der Waals surface area contributed by atoms with E-state index in [2.05, 4.69) is 16.2 Å². The normalized spacial score (nSPS) is 10.1. The van der Waals surface area contributed by atoms with Gasteiger partial charge in [-0.25, -0.2) is 0 Å². The smallest absolute Gasteiger partial charge is 0.276 e. The molecule has 160 valence electrons. The third kappa shape index (κ3) is 7.69. The van der Waals surface area contributed by atoms with Crippen LogP contribution in [0.25, 0.3) is 0 Å². The SMILES string of the molecule is CCOCCOc1ccccc1C(=O)NC(=S)NNC(=O)COc1ccccc1C. The average Bonchev–Trinajstić information content (AvgIpc) is 2.75. The van der Waals surface area contributed by atoms with E-state index >= 15 is 0 Å². The van der Waals surface area contributed by atoms with Crippen molar-refractivity contribution >= 4 is 29.1 Å². The van der Waals surface area contributed by atoms with Gasteiger partial charge in [-0.2, -0.15) is 0 Å². The molecule has 0 aromatic heterocycles. The Morgan fingerprint density at radius 3 is 2.37 bits per heavy atom. The summed E-state index contributed by atoms with van der Waals surface area (Å²) in [6, 6.07) is 14.1. The summed E-state index contributed by atoms with van der Waals surface area (Å²) in [5.41, 5.74) is 6.08. The number of carbonyl (C=O) groups is 2. The molecular formula is C21H25N3O5S. The maximum Gasteiger partial charge on any atom is 0.276 e. The highest BCUT2D eigenvalue weighted by molar-refractivity contribution is 7.80. The molecule has 0 radical (unpaired) electrons. The number of para-hydroxylation sites is 2. The Morgan fingerprint density at radius 1 is 0.933 bits per heavy atom. The number of carbonyl (C=O) groups excluding carboxylic acids is 2. The Hall–Kier alpha value is -3.17. The third-order valence-corrected chi connectivity index (χ3v) is 4.02. The molecule has 0 spiro atoms. The molecule has 30 heavy (non-hydrogen) atoms. The van der Waals surface area contributed by atoms with E-state index in [1.54, 1.807) is 30.3 Å². The number of nitrogens with one attached hydrogen (secondary N) is 3. The van der Waals surface area contributed by atoms with Gasteiger partial charge in [0, 0.05) is 6.61 Å². The second-order valence-corrected chi connectivity index (χ2v) is 6.46. The van der Waals surface area contributed by atoms with Gasteiger partial charge >= 0.3 is 0 Å². The first kappa shape index (κ1) is 23.1. The minimum Gasteiger partial charge on any atom is -0.490 e. The fraction of sp³-hybridized carbons (Fsp3) is 0.286. The van der Waals surface area contributed by atoms with Crippen molar-refractivity contribution in [2.75, 3.05) is 26.4 Å². The number of hydrogen-bond donors (Lipinski definition) is 3. The third-order valence-electron chi connectivity index (χ3n) is 3.82. The standard InChI is InChI=1S/C21H25N3O5S/c1-3-27-12-13-28-18-11-7-5-9-16(18)20(26)22-21(30)24-23-19(25)14-29-17-10-6-4-8-15(17)2/h4-11H,3,12-14H2,1-2H3,(H,23,25)(H2,22,24,26,30). The molecular weight excluding hydrogens is 406 g/mol. The van der Waals surface area contributed by atoms with Gasteiger partial charge in [-0.1, -0.05) is 30.3 Å². The van der Waals surface area contributed by atoms with Crippen LogP contribution >= 0.6 is 12.2 Å². The summed E-state index contributed by atoms with van der Waals surface area (Å²) < 4.78 is 16.3. The molecule has 2 rings (SSSR count). The Kier molecular flexibility index (Phi) is 9.56. The quantitative estimate of drug-likeness (QED) is 0.318. The molecule has 0 unspecified atom stereocenters. The fourth-order valence-corrected chi connectivity index (χ4v) is 2.50. The van der Waals surface area contributed by atoms with Crippen LogP contribution in [-0.4, -0.2) is 43.4 Å². The maximum atomic E-state index is 12.5. The van der Waals surface area contributed by atoms with Gasteiger partial charge in [0.2, 0.25) is 0 Å². The number of amides is 2. The Bertz CT molecular complexity index is 875. The number of benzene rings is 2. The summed E-state index contributed by atoms with van der Waals surface area (Å²) in [5, 5.41) is 2.43. The molecule has 0 fully saturated rings. The Morgan fingerprint density at radius 2 is 1.63 bits per heavy atom. The van der Waals surface area contributed by atoms with Gasteiger partial charge in [0.25, 0.3) is 11.8 Å². The maximum absolute atomic E-state index is 12.5. The van der Waals surface area contributed by atoms with E-state index in [0.29, 0.717) is 36.9 Å². The van der Waals surface area contributed by atoms with Crippen molar-refractivity contribution in [2.45, 2.75) is 13.8 Å². The van der Waals surface area contributed by atoms with Crippen LogP contribution in [0.2, 0.25) is 0 Å². The van der Waals surface area contributed by atoms with Crippen LogP contribution < -0.4 is 25.6 Å². The van der Waals surface area contributed by atoms with E-state index in [-0.39, 0.29) is 11.7 Å². The summed E-state index contributed by atoms with van der Waals surface area (Å²) >= 11 is 5.05. The highest BCUT2D eigenvalue weighted by Gasteiger charge is 2.14. The topological polar surface area (TPSA) is 97.9 Å². The minimum atomic E-state index is -0.468. The molecule has 2 aromatic carbocycles. The van der Waals surface area contributed by atoms with Gasteiger partial charge in [0.05, 0.1) is 12.2 Å². The van der Waals surface area contributed by atoms with Crippen molar-refractivity contribution in [3.8, 4) is 11.5 Å². The van der Waals surface area contributed by atoms with E-state index in [9.17, 15) is 9.59 Å². The van der Waals surface area contributed by atoms with E-state index in [1.165, 1.54) is 0 Å². The summed E-state index contributed by atoms with van der Waals surface area (Å²) in [5.74, 6) is 0.108.